The first-order valence-corrected chi connectivity index (χ1v) is 10.6. The van der Waals surface area contributed by atoms with Gasteiger partial charge in [0.2, 0.25) is 5.91 Å². The number of ether oxygens (including phenoxy) is 3. The monoisotopic (exact) mass is 412 g/mol. The molecule has 0 bridgehead atoms. The third-order valence-corrected chi connectivity index (χ3v) is 5.44. The van der Waals surface area contributed by atoms with Crippen molar-refractivity contribution in [2.24, 2.45) is 0 Å². The predicted octanol–water partition coefficient (Wildman–Crippen LogP) is 3.38. The van der Waals surface area contributed by atoms with Gasteiger partial charge in [0.25, 0.3) is 0 Å². The van der Waals surface area contributed by atoms with Crippen molar-refractivity contribution < 1.29 is 19.0 Å². The van der Waals surface area contributed by atoms with E-state index in [4.69, 9.17) is 14.2 Å². The van der Waals surface area contributed by atoms with Gasteiger partial charge in [0, 0.05) is 39.1 Å². The Labute approximate surface area is 179 Å². The second-order valence-corrected chi connectivity index (χ2v) is 7.42. The first-order chi connectivity index (χ1) is 14.6. The van der Waals surface area contributed by atoms with Crippen molar-refractivity contribution in [3.05, 3.63) is 53.6 Å². The molecule has 0 aromatic heterocycles. The zero-order valence-corrected chi connectivity index (χ0v) is 18.2. The summed E-state index contributed by atoms with van der Waals surface area (Å²) in [5, 5.41) is 0. The Hall–Kier alpha value is -2.73. The minimum absolute atomic E-state index is 0.213. The molecular formula is C24H32N2O4. The molecule has 0 spiro atoms. The maximum atomic E-state index is 12.7. The Bertz CT molecular complexity index is 814. The molecule has 6 nitrogen and oxygen atoms in total. The maximum Gasteiger partial charge on any atom is 0.222 e. The minimum atomic E-state index is 0.213. The van der Waals surface area contributed by atoms with Crippen LogP contribution in [0.4, 0.5) is 0 Å². The van der Waals surface area contributed by atoms with E-state index in [0.29, 0.717) is 30.9 Å². The highest BCUT2D eigenvalue weighted by Gasteiger charge is 2.21. The Kier molecular flexibility index (Phi) is 7.97. The van der Waals surface area contributed by atoms with Gasteiger partial charge in [-0.3, -0.25) is 9.69 Å². The van der Waals surface area contributed by atoms with Crippen molar-refractivity contribution in [2.75, 3.05) is 47.0 Å². The van der Waals surface area contributed by atoms with E-state index in [9.17, 15) is 4.79 Å². The molecule has 1 aliphatic rings. The number of aryl methyl sites for hydroxylation is 1. The SMILES string of the molecule is CCOc1ccc(CN2CCN(C(=O)CCc3ccc(OC)c(OC)c3)CC2)cc1. The lowest BCUT2D eigenvalue weighted by Gasteiger charge is -2.35. The van der Waals surface area contributed by atoms with Crippen molar-refractivity contribution in [3.8, 4) is 17.2 Å². The zero-order chi connectivity index (χ0) is 21.3. The molecule has 1 amide bonds. The normalized spacial score (nSPS) is 14.4. The molecule has 0 saturated carbocycles. The van der Waals surface area contributed by atoms with Gasteiger partial charge in [0.15, 0.2) is 11.5 Å². The Balaban J connectivity index is 1.43. The molecule has 1 fully saturated rings. The van der Waals surface area contributed by atoms with Crippen LogP contribution in [0.2, 0.25) is 0 Å². The van der Waals surface area contributed by atoms with E-state index < -0.39 is 0 Å². The fraction of sp³-hybridized carbons (Fsp3) is 0.458. The molecule has 0 unspecified atom stereocenters. The Morgan fingerprint density at radius 2 is 1.57 bits per heavy atom. The standard InChI is InChI=1S/C24H32N2O4/c1-4-30-21-9-5-20(6-10-21)18-25-13-15-26(16-14-25)24(27)12-8-19-7-11-22(28-2)23(17-19)29-3/h5-7,9-11,17H,4,8,12-16,18H2,1-3H3. The van der Waals surface area contributed by atoms with Crippen LogP contribution in [0.1, 0.15) is 24.5 Å². The fourth-order valence-corrected chi connectivity index (χ4v) is 3.72. The number of hydrogen-bond acceptors (Lipinski definition) is 5. The molecule has 3 rings (SSSR count). The van der Waals surface area contributed by atoms with Gasteiger partial charge in [-0.1, -0.05) is 18.2 Å². The molecule has 0 N–H and O–H groups in total. The molecule has 2 aromatic rings. The van der Waals surface area contributed by atoms with Crippen molar-refractivity contribution in [2.45, 2.75) is 26.3 Å². The molecule has 6 heteroatoms. The van der Waals surface area contributed by atoms with E-state index >= 15 is 0 Å². The van der Waals surface area contributed by atoms with Crippen LogP contribution in [0.5, 0.6) is 17.2 Å². The number of carbonyl (C=O) groups is 1. The summed E-state index contributed by atoms with van der Waals surface area (Å²) in [6.45, 7) is 6.93. The van der Waals surface area contributed by atoms with Crippen LogP contribution in [-0.2, 0) is 17.8 Å². The van der Waals surface area contributed by atoms with Gasteiger partial charge in [-0.05, 0) is 48.7 Å². The van der Waals surface area contributed by atoms with E-state index in [-0.39, 0.29) is 5.91 Å². The van der Waals surface area contributed by atoms with Crippen LogP contribution in [0.3, 0.4) is 0 Å². The quantitative estimate of drug-likeness (QED) is 0.632. The molecule has 2 aromatic carbocycles. The summed E-state index contributed by atoms with van der Waals surface area (Å²) in [5.74, 6) is 2.53. The van der Waals surface area contributed by atoms with Gasteiger partial charge in [0.05, 0.1) is 20.8 Å². The molecule has 162 valence electrons. The summed E-state index contributed by atoms with van der Waals surface area (Å²) in [7, 11) is 3.25. The Morgan fingerprint density at radius 3 is 2.20 bits per heavy atom. The lowest BCUT2D eigenvalue weighted by molar-refractivity contribution is -0.133. The first-order valence-electron chi connectivity index (χ1n) is 10.6. The number of rotatable bonds is 9. The summed E-state index contributed by atoms with van der Waals surface area (Å²) in [6, 6.07) is 14.1. The van der Waals surface area contributed by atoms with Crippen LogP contribution >= 0.6 is 0 Å². The van der Waals surface area contributed by atoms with Gasteiger partial charge in [-0.2, -0.15) is 0 Å². The first kappa shape index (κ1) is 22.0. The molecule has 0 radical (unpaired) electrons. The summed E-state index contributed by atoms with van der Waals surface area (Å²) in [6.07, 6.45) is 1.21. The van der Waals surface area contributed by atoms with E-state index in [1.807, 2.05) is 42.2 Å². The second-order valence-electron chi connectivity index (χ2n) is 7.42. The summed E-state index contributed by atoms with van der Waals surface area (Å²) >= 11 is 0. The number of carbonyl (C=O) groups excluding carboxylic acids is 1. The second kappa shape index (κ2) is 10.9. The van der Waals surface area contributed by atoms with Gasteiger partial charge in [-0.15, -0.1) is 0 Å². The van der Waals surface area contributed by atoms with E-state index in [1.165, 1.54) is 5.56 Å². The summed E-state index contributed by atoms with van der Waals surface area (Å²) in [4.78, 5) is 17.0. The molecule has 0 atom stereocenters. The van der Waals surface area contributed by atoms with Gasteiger partial charge < -0.3 is 19.1 Å². The van der Waals surface area contributed by atoms with Crippen molar-refractivity contribution in [1.82, 2.24) is 9.80 Å². The van der Waals surface area contributed by atoms with Crippen LogP contribution in [0.15, 0.2) is 42.5 Å². The number of methoxy groups -OCH3 is 2. The third-order valence-electron chi connectivity index (χ3n) is 5.44. The molecule has 1 heterocycles. The number of nitrogens with zero attached hydrogens (tertiary/aromatic N) is 2. The predicted molar refractivity (Wildman–Crippen MR) is 117 cm³/mol. The third kappa shape index (κ3) is 5.89. The topological polar surface area (TPSA) is 51.2 Å². The largest absolute Gasteiger partial charge is 0.494 e. The van der Waals surface area contributed by atoms with Gasteiger partial charge >= 0.3 is 0 Å². The summed E-state index contributed by atoms with van der Waals surface area (Å²) in [5.41, 5.74) is 2.35. The lowest BCUT2D eigenvalue weighted by Crippen LogP contribution is -2.48. The highest BCUT2D eigenvalue weighted by Crippen LogP contribution is 2.28. The molecule has 0 aliphatic carbocycles. The van der Waals surface area contributed by atoms with Crippen LogP contribution in [-0.4, -0.2) is 62.7 Å². The van der Waals surface area contributed by atoms with Crippen molar-refractivity contribution >= 4 is 5.91 Å². The number of piperazine rings is 1. The number of benzene rings is 2. The van der Waals surface area contributed by atoms with E-state index in [2.05, 4.69) is 17.0 Å². The number of amides is 1. The van der Waals surface area contributed by atoms with E-state index in [0.717, 1.165) is 44.0 Å². The highest BCUT2D eigenvalue weighted by atomic mass is 16.5. The maximum absolute atomic E-state index is 12.7. The highest BCUT2D eigenvalue weighted by molar-refractivity contribution is 5.76. The molecule has 1 aliphatic heterocycles. The fourth-order valence-electron chi connectivity index (χ4n) is 3.72. The van der Waals surface area contributed by atoms with Crippen LogP contribution < -0.4 is 14.2 Å². The molecule has 30 heavy (non-hydrogen) atoms. The number of hydrogen-bond donors (Lipinski definition) is 0. The van der Waals surface area contributed by atoms with Crippen LogP contribution in [0, 0.1) is 0 Å². The smallest absolute Gasteiger partial charge is 0.222 e. The molecular weight excluding hydrogens is 380 g/mol. The van der Waals surface area contributed by atoms with Crippen molar-refractivity contribution in [3.63, 3.8) is 0 Å². The Morgan fingerprint density at radius 1 is 0.900 bits per heavy atom. The van der Waals surface area contributed by atoms with Gasteiger partial charge in [-0.25, -0.2) is 0 Å². The lowest BCUT2D eigenvalue weighted by atomic mass is 10.1. The summed E-state index contributed by atoms with van der Waals surface area (Å²) < 4.78 is 16.1. The van der Waals surface area contributed by atoms with Crippen LogP contribution in [0.25, 0.3) is 0 Å². The van der Waals surface area contributed by atoms with E-state index in [1.54, 1.807) is 14.2 Å². The average molecular weight is 413 g/mol. The minimum Gasteiger partial charge on any atom is -0.494 e. The molecule has 1 saturated heterocycles. The van der Waals surface area contributed by atoms with Gasteiger partial charge in [0.1, 0.15) is 5.75 Å². The zero-order valence-electron chi connectivity index (χ0n) is 18.2. The van der Waals surface area contributed by atoms with Crippen molar-refractivity contribution in [1.29, 1.82) is 0 Å². The average Bonchev–Trinajstić information content (AvgIpc) is 2.79.